The molecular formula is C16H22N2O2S. The predicted octanol–water partition coefficient (Wildman–Crippen LogP) is 3.59. The monoisotopic (exact) mass is 306 g/mol. The van der Waals surface area contributed by atoms with Gasteiger partial charge in [-0.3, -0.25) is 4.79 Å². The standard InChI is InChI=1S/C16H22N2O2S/c1-6-9-18-12-10-11(20-5)7-8-13(12)21-15(18)17-14(19)16(2,3)4/h7-8,10H,6,9H2,1-5H3. The summed E-state index contributed by atoms with van der Waals surface area (Å²) < 4.78 is 8.51. The van der Waals surface area contributed by atoms with E-state index in [9.17, 15) is 4.79 Å². The molecular weight excluding hydrogens is 284 g/mol. The number of hydrogen-bond acceptors (Lipinski definition) is 3. The van der Waals surface area contributed by atoms with E-state index >= 15 is 0 Å². The Kier molecular flexibility index (Phi) is 4.52. The number of carbonyl (C=O) groups is 1. The van der Waals surface area contributed by atoms with Gasteiger partial charge in [-0.25, -0.2) is 0 Å². The van der Waals surface area contributed by atoms with Gasteiger partial charge in [0.1, 0.15) is 5.75 Å². The minimum atomic E-state index is -0.460. The third-order valence-electron chi connectivity index (χ3n) is 3.18. The molecule has 0 spiro atoms. The quantitative estimate of drug-likeness (QED) is 0.869. The molecule has 21 heavy (non-hydrogen) atoms. The number of methoxy groups -OCH3 is 1. The maximum absolute atomic E-state index is 12.2. The van der Waals surface area contributed by atoms with E-state index in [2.05, 4.69) is 16.5 Å². The average molecular weight is 306 g/mol. The first-order valence-electron chi connectivity index (χ1n) is 7.13. The summed E-state index contributed by atoms with van der Waals surface area (Å²) in [6.45, 7) is 8.62. The number of aromatic nitrogens is 1. The molecule has 1 heterocycles. The number of fused-ring (bicyclic) bond motifs is 1. The van der Waals surface area contributed by atoms with Crippen LogP contribution in [0.4, 0.5) is 0 Å². The maximum Gasteiger partial charge on any atom is 0.253 e. The Balaban J connectivity index is 2.65. The van der Waals surface area contributed by atoms with Crippen molar-refractivity contribution in [3.63, 3.8) is 0 Å². The van der Waals surface area contributed by atoms with Gasteiger partial charge >= 0.3 is 0 Å². The van der Waals surface area contributed by atoms with E-state index in [0.717, 1.165) is 33.7 Å². The van der Waals surface area contributed by atoms with Gasteiger partial charge in [0, 0.05) is 18.0 Å². The van der Waals surface area contributed by atoms with Gasteiger partial charge in [0.2, 0.25) is 0 Å². The first-order chi connectivity index (χ1) is 9.86. The van der Waals surface area contributed by atoms with Crippen molar-refractivity contribution < 1.29 is 9.53 Å². The van der Waals surface area contributed by atoms with E-state index < -0.39 is 5.41 Å². The average Bonchev–Trinajstić information content (AvgIpc) is 2.75. The molecule has 2 aromatic rings. The SMILES string of the molecule is CCCn1c(=NC(=O)C(C)(C)C)sc2ccc(OC)cc21. The van der Waals surface area contributed by atoms with Crippen molar-refractivity contribution in [1.82, 2.24) is 4.57 Å². The Labute approximate surface area is 129 Å². The number of benzene rings is 1. The van der Waals surface area contributed by atoms with Crippen molar-refractivity contribution in [2.24, 2.45) is 10.4 Å². The fourth-order valence-electron chi connectivity index (χ4n) is 1.96. The van der Waals surface area contributed by atoms with Crippen LogP contribution in [-0.2, 0) is 11.3 Å². The van der Waals surface area contributed by atoms with Crippen LogP contribution in [0.3, 0.4) is 0 Å². The summed E-state index contributed by atoms with van der Waals surface area (Å²) in [7, 11) is 1.66. The molecule has 0 N–H and O–H groups in total. The Morgan fingerprint density at radius 3 is 2.67 bits per heavy atom. The lowest BCUT2D eigenvalue weighted by atomic mass is 9.96. The highest BCUT2D eigenvalue weighted by Crippen LogP contribution is 2.23. The third kappa shape index (κ3) is 3.35. The molecule has 1 aromatic heterocycles. The van der Waals surface area contributed by atoms with Crippen LogP contribution in [0.1, 0.15) is 34.1 Å². The number of amides is 1. The van der Waals surface area contributed by atoms with E-state index in [1.807, 2.05) is 39.0 Å². The van der Waals surface area contributed by atoms with Crippen LogP contribution in [0.2, 0.25) is 0 Å². The van der Waals surface area contributed by atoms with E-state index in [-0.39, 0.29) is 5.91 Å². The number of hydrogen-bond donors (Lipinski definition) is 0. The molecule has 0 bridgehead atoms. The molecule has 114 valence electrons. The Morgan fingerprint density at radius 2 is 2.10 bits per heavy atom. The van der Waals surface area contributed by atoms with Crippen LogP contribution in [0, 0.1) is 5.41 Å². The van der Waals surface area contributed by atoms with Gasteiger partial charge in [-0.15, -0.1) is 0 Å². The number of aryl methyl sites for hydroxylation is 1. The minimum Gasteiger partial charge on any atom is -0.497 e. The molecule has 1 amide bonds. The normalized spacial score (nSPS) is 12.9. The molecule has 0 saturated heterocycles. The summed E-state index contributed by atoms with van der Waals surface area (Å²) >= 11 is 1.55. The van der Waals surface area contributed by atoms with Crippen LogP contribution in [0.25, 0.3) is 10.2 Å². The topological polar surface area (TPSA) is 43.6 Å². The molecule has 5 heteroatoms. The van der Waals surface area contributed by atoms with Crippen molar-refractivity contribution in [2.75, 3.05) is 7.11 Å². The van der Waals surface area contributed by atoms with Gasteiger partial charge in [-0.1, -0.05) is 39.0 Å². The Hall–Kier alpha value is -1.62. The van der Waals surface area contributed by atoms with Gasteiger partial charge < -0.3 is 9.30 Å². The lowest BCUT2D eigenvalue weighted by Gasteiger charge is -2.11. The molecule has 0 radical (unpaired) electrons. The van der Waals surface area contributed by atoms with Crippen LogP contribution in [0.5, 0.6) is 5.75 Å². The second kappa shape index (κ2) is 6.02. The van der Waals surface area contributed by atoms with Gasteiger partial charge in [-0.2, -0.15) is 4.99 Å². The van der Waals surface area contributed by atoms with E-state index in [1.165, 1.54) is 0 Å². The maximum atomic E-state index is 12.2. The molecule has 0 fully saturated rings. The summed E-state index contributed by atoms with van der Waals surface area (Å²) in [4.78, 5) is 17.3. The first kappa shape index (κ1) is 15.8. The number of nitrogens with zero attached hydrogens (tertiary/aromatic N) is 2. The molecule has 0 unspecified atom stereocenters. The lowest BCUT2D eigenvalue weighted by Crippen LogP contribution is -2.23. The predicted molar refractivity (Wildman–Crippen MR) is 86.7 cm³/mol. The Bertz CT molecular complexity index is 720. The van der Waals surface area contributed by atoms with Crippen molar-refractivity contribution >= 4 is 27.5 Å². The molecule has 0 aliphatic carbocycles. The lowest BCUT2D eigenvalue weighted by molar-refractivity contribution is -0.125. The molecule has 4 nitrogen and oxygen atoms in total. The van der Waals surface area contributed by atoms with E-state index in [4.69, 9.17) is 4.74 Å². The van der Waals surface area contributed by atoms with Crippen LogP contribution < -0.4 is 9.54 Å². The number of thiazole rings is 1. The Morgan fingerprint density at radius 1 is 1.38 bits per heavy atom. The fraction of sp³-hybridized carbons (Fsp3) is 0.500. The summed E-state index contributed by atoms with van der Waals surface area (Å²) in [5.41, 5.74) is 0.611. The fourth-order valence-corrected chi connectivity index (χ4v) is 2.99. The van der Waals surface area contributed by atoms with E-state index in [0.29, 0.717) is 0 Å². The van der Waals surface area contributed by atoms with Gasteiger partial charge in [0.15, 0.2) is 4.80 Å². The van der Waals surface area contributed by atoms with Crippen LogP contribution >= 0.6 is 11.3 Å². The molecule has 1 aromatic carbocycles. The zero-order chi connectivity index (χ0) is 15.6. The highest BCUT2D eigenvalue weighted by molar-refractivity contribution is 7.16. The number of carbonyl (C=O) groups excluding carboxylic acids is 1. The van der Waals surface area contributed by atoms with Gasteiger partial charge in [0.25, 0.3) is 5.91 Å². The zero-order valence-electron chi connectivity index (χ0n) is 13.3. The second-order valence-corrected chi connectivity index (χ2v) is 7.05. The van der Waals surface area contributed by atoms with Crippen LogP contribution in [0.15, 0.2) is 23.2 Å². The summed E-state index contributed by atoms with van der Waals surface area (Å²) in [5, 5.41) is 0. The van der Waals surface area contributed by atoms with Crippen molar-refractivity contribution in [2.45, 2.75) is 40.7 Å². The van der Waals surface area contributed by atoms with Crippen molar-refractivity contribution in [1.29, 1.82) is 0 Å². The number of ether oxygens (including phenoxy) is 1. The molecule has 0 aliphatic rings. The van der Waals surface area contributed by atoms with Gasteiger partial charge in [0.05, 0.1) is 17.3 Å². The first-order valence-corrected chi connectivity index (χ1v) is 7.95. The van der Waals surface area contributed by atoms with Crippen molar-refractivity contribution in [3.8, 4) is 5.75 Å². The minimum absolute atomic E-state index is 0.0918. The molecule has 0 aliphatic heterocycles. The summed E-state index contributed by atoms with van der Waals surface area (Å²) in [6.07, 6.45) is 0.986. The third-order valence-corrected chi connectivity index (χ3v) is 4.23. The molecule has 0 saturated carbocycles. The highest BCUT2D eigenvalue weighted by Gasteiger charge is 2.21. The summed E-state index contributed by atoms with van der Waals surface area (Å²) in [6, 6.07) is 5.96. The second-order valence-electron chi connectivity index (χ2n) is 6.04. The number of rotatable bonds is 3. The van der Waals surface area contributed by atoms with E-state index in [1.54, 1.807) is 18.4 Å². The smallest absolute Gasteiger partial charge is 0.253 e. The zero-order valence-corrected chi connectivity index (χ0v) is 14.1. The summed E-state index contributed by atoms with van der Waals surface area (Å²) in [5.74, 6) is 0.727. The van der Waals surface area contributed by atoms with Gasteiger partial charge in [-0.05, 0) is 18.6 Å². The highest BCUT2D eigenvalue weighted by atomic mass is 32.1. The molecule has 0 atom stereocenters. The molecule has 2 rings (SSSR count). The van der Waals surface area contributed by atoms with Crippen molar-refractivity contribution in [3.05, 3.63) is 23.0 Å². The van der Waals surface area contributed by atoms with Crippen LogP contribution in [-0.4, -0.2) is 17.6 Å². The largest absolute Gasteiger partial charge is 0.497 e.